The topological polar surface area (TPSA) is 101 Å². The zero-order valence-corrected chi connectivity index (χ0v) is 16.0. The molecule has 150 valence electrons. The standard InChI is InChI=1S/C20H17FN2O5S/c21-15-5-1-13(2-6-15)9-10-22-19(25)17(18(20(22)26)29-12-11-24)14-3-7-16(8-4-14)23(27)28/h1-8,24H,9-12H2. The van der Waals surface area contributed by atoms with Crippen LogP contribution in [0.1, 0.15) is 11.1 Å². The SMILES string of the molecule is O=C1C(SCCO)=C(c2ccc([N+](=O)[O-])cc2)C(=O)N1CCc1ccc(F)cc1. The van der Waals surface area contributed by atoms with Crippen LogP contribution in [0.15, 0.2) is 53.4 Å². The van der Waals surface area contributed by atoms with Gasteiger partial charge in [-0.2, -0.15) is 0 Å². The molecule has 9 heteroatoms. The van der Waals surface area contributed by atoms with E-state index in [0.717, 1.165) is 22.2 Å². The molecule has 0 spiro atoms. The molecule has 0 atom stereocenters. The van der Waals surface area contributed by atoms with Crippen molar-refractivity contribution in [1.82, 2.24) is 4.90 Å². The lowest BCUT2D eigenvalue weighted by Gasteiger charge is -2.15. The van der Waals surface area contributed by atoms with Gasteiger partial charge in [0.2, 0.25) is 0 Å². The van der Waals surface area contributed by atoms with Gasteiger partial charge in [-0.25, -0.2) is 4.39 Å². The number of nitro benzene ring substituents is 1. The van der Waals surface area contributed by atoms with Crippen LogP contribution in [-0.4, -0.2) is 45.6 Å². The van der Waals surface area contributed by atoms with Crippen molar-refractivity contribution in [2.24, 2.45) is 0 Å². The summed E-state index contributed by atoms with van der Waals surface area (Å²) < 4.78 is 13.0. The molecule has 3 rings (SSSR count). The molecule has 1 N–H and O–H groups in total. The number of imide groups is 1. The number of aliphatic hydroxyl groups is 1. The number of carbonyl (C=O) groups is 2. The van der Waals surface area contributed by atoms with Crippen molar-refractivity contribution in [3.63, 3.8) is 0 Å². The minimum absolute atomic E-state index is 0.114. The van der Waals surface area contributed by atoms with E-state index in [0.29, 0.717) is 12.0 Å². The molecule has 0 aliphatic carbocycles. The maximum absolute atomic E-state index is 13.0. The maximum Gasteiger partial charge on any atom is 0.269 e. The Bertz CT molecular complexity index is 973. The third-order valence-corrected chi connectivity index (χ3v) is 5.42. The summed E-state index contributed by atoms with van der Waals surface area (Å²) in [5, 5.41) is 20.0. The predicted molar refractivity (Wildman–Crippen MR) is 106 cm³/mol. The molecule has 2 aromatic carbocycles. The first-order chi connectivity index (χ1) is 13.9. The number of non-ortho nitro benzene ring substituents is 1. The summed E-state index contributed by atoms with van der Waals surface area (Å²) in [6.45, 7) is -0.0538. The van der Waals surface area contributed by atoms with Gasteiger partial charge in [-0.3, -0.25) is 24.6 Å². The van der Waals surface area contributed by atoms with Crippen molar-refractivity contribution in [3.05, 3.63) is 80.5 Å². The second-order valence-corrected chi connectivity index (χ2v) is 7.32. The van der Waals surface area contributed by atoms with Gasteiger partial charge in [-0.1, -0.05) is 12.1 Å². The van der Waals surface area contributed by atoms with E-state index in [2.05, 4.69) is 0 Å². The highest BCUT2D eigenvalue weighted by molar-refractivity contribution is 8.04. The molecule has 2 aromatic rings. The smallest absolute Gasteiger partial charge is 0.269 e. The first-order valence-corrected chi connectivity index (χ1v) is 9.74. The lowest BCUT2D eigenvalue weighted by Crippen LogP contribution is -2.33. The molecule has 0 aromatic heterocycles. The van der Waals surface area contributed by atoms with Crippen molar-refractivity contribution >= 4 is 34.8 Å². The van der Waals surface area contributed by atoms with E-state index in [4.69, 9.17) is 5.11 Å². The number of halogens is 1. The summed E-state index contributed by atoms with van der Waals surface area (Å²) >= 11 is 1.07. The summed E-state index contributed by atoms with van der Waals surface area (Å²) in [6, 6.07) is 11.2. The van der Waals surface area contributed by atoms with Crippen molar-refractivity contribution in [2.45, 2.75) is 6.42 Å². The summed E-state index contributed by atoms with van der Waals surface area (Å²) in [5.41, 5.74) is 1.23. The van der Waals surface area contributed by atoms with E-state index in [1.165, 1.54) is 36.4 Å². The number of thioether (sulfide) groups is 1. The van der Waals surface area contributed by atoms with Crippen molar-refractivity contribution in [3.8, 4) is 0 Å². The van der Waals surface area contributed by atoms with Crippen LogP contribution < -0.4 is 0 Å². The number of nitrogens with zero attached hydrogens (tertiary/aromatic N) is 2. The number of hydrogen-bond donors (Lipinski definition) is 1. The van der Waals surface area contributed by atoms with Gasteiger partial charge in [0, 0.05) is 24.4 Å². The highest BCUT2D eigenvalue weighted by Crippen LogP contribution is 2.36. The highest BCUT2D eigenvalue weighted by atomic mass is 32.2. The average Bonchev–Trinajstić information content (AvgIpc) is 2.95. The number of carbonyl (C=O) groups excluding carboxylic acids is 2. The van der Waals surface area contributed by atoms with Gasteiger partial charge < -0.3 is 5.11 Å². The highest BCUT2D eigenvalue weighted by Gasteiger charge is 2.38. The molecule has 0 unspecified atom stereocenters. The van der Waals surface area contributed by atoms with Gasteiger partial charge in [-0.05, 0) is 41.8 Å². The van der Waals surface area contributed by atoms with Crippen molar-refractivity contribution < 1.29 is 24.0 Å². The van der Waals surface area contributed by atoms with E-state index in [1.807, 2.05) is 0 Å². The van der Waals surface area contributed by atoms with Crippen LogP contribution >= 0.6 is 11.8 Å². The van der Waals surface area contributed by atoms with Gasteiger partial charge in [0.25, 0.3) is 17.5 Å². The molecule has 1 heterocycles. The number of benzene rings is 2. The Labute approximate surface area is 170 Å². The first-order valence-electron chi connectivity index (χ1n) is 8.75. The van der Waals surface area contributed by atoms with Gasteiger partial charge in [0.1, 0.15) is 5.82 Å². The largest absolute Gasteiger partial charge is 0.396 e. The normalized spacial score (nSPS) is 14.1. The van der Waals surface area contributed by atoms with E-state index in [1.54, 1.807) is 12.1 Å². The molecule has 0 bridgehead atoms. The van der Waals surface area contributed by atoms with Crippen LogP contribution in [0.3, 0.4) is 0 Å². The quantitative estimate of drug-likeness (QED) is 0.403. The van der Waals surface area contributed by atoms with E-state index in [-0.39, 0.29) is 40.9 Å². The Balaban J connectivity index is 1.86. The van der Waals surface area contributed by atoms with E-state index >= 15 is 0 Å². The fraction of sp³-hybridized carbons (Fsp3) is 0.200. The number of nitro groups is 1. The number of aliphatic hydroxyl groups excluding tert-OH is 1. The fourth-order valence-corrected chi connectivity index (χ4v) is 3.81. The maximum atomic E-state index is 13.0. The first kappa shape index (κ1) is 20.7. The van der Waals surface area contributed by atoms with E-state index in [9.17, 15) is 24.1 Å². The molecular weight excluding hydrogens is 399 g/mol. The summed E-state index contributed by atoms with van der Waals surface area (Å²) in [4.78, 5) is 37.4. The monoisotopic (exact) mass is 416 g/mol. The second kappa shape index (κ2) is 8.97. The molecule has 0 saturated carbocycles. The molecule has 2 amide bonds. The molecule has 7 nitrogen and oxygen atoms in total. The van der Waals surface area contributed by atoms with Crippen molar-refractivity contribution in [1.29, 1.82) is 0 Å². The predicted octanol–water partition coefficient (Wildman–Crippen LogP) is 2.78. The Morgan fingerprint density at radius 3 is 2.28 bits per heavy atom. The Morgan fingerprint density at radius 2 is 1.69 bits per heavy atom. The minimum Gasteiger partial charge on any atom is -0.396 e. The molecule has 0 saturated heterocycles. The van der Waals surface area contributed by atoms with E-state index < -0.39 is 16.7 Å². The minimum atomic E-state index is -0.545. The third-order valence-electron chi connectivity index (χ3n) is 4.37. The van der Waals surface area contributed by atoms with Crippen LogP contribution in [0, 0.1) is 15.9 Å². The Hall–Kier alpha value is -3.04. The van der Waals surface area contributed by atoms with Gasteiger partial charge >= 0.3 is 0 Å². The van der Waals surface area contributed by atoms with Gasteiger partial charge in [0.15, 0.2) is 0 Å². The van der Waals surface area contributed by atoms with Gasteiger partial charge in [0.05, 0.1) is 22.0 Å². The molecule has 0 radical (unpaired) electrons. The van der Waals surface area contributed by atoms with Crippen LogP contribution in [0.4, 0.5) is 10.1 Å². The Kier molecular flexibility index (Phi) is 6.40. The molecule has 0 fully saturated rings. The molecule has 1 aliphatic heterocycles. The van der Waals surface area contributed by atoms with Crippen LogP contribution in [0.25, 0.3) is 5.57 Å². The zero-order valence-electron chi connectivity index (χ0n) is 15.2. The molecular formula is C20H17FN2O5S. The Morgan fingerprint density at radius 1 is 1.03 bits per heavy atom. The lowest BCUT2D eigenvalue weighted by atomic mass is 10.1. The lowest BCUT2D eigenvalue weighted by molar-refractivity contribution is -0.384. The average molecular weight is 416 g/mol. The number of rotatable bonds is 8. The number of amides is 2. The summed E-state index contributed by atoms with van der Waals surface area (Å²) in [6.07, 6.45) is 0.364. The summed E-state index contributed by atoms with van der Waals surface area (Å²) in [5.74, 6) is -1.10. The molecule has 29 heavy (non-hydrogen) atoms. The zero-order chi connectivity index (χ0) is 21.0. The van der Waals surface area contributed by atoms with Crippen LogP contribution in [0.5, 0.6) is 0 Å². The summed E-state index contributed by atoms with van der Waals surface area (Å²) in [7, 11) is 0. The second-order valence-electron chi connectivity index (χ2n) is 6.22. The third kappa shape index (κ3) is 4.52. The van der Waals surface area contributed by atoms with Gasteiger partial charge in [-0.15, -0.1) is 11.8 Å². The van der Waals surface area contributed by atoms with Crippen LogP contribution in [-0.2, 0) is 16.0 Å². The molecule has 1 aliphatic rings. The van der Waals surface area contributed by atoms with Crippen molar-refractivity contribution in [2.75, 3.05) is 18.9 Å². The number of hydrogen-bond acceptors (Lipinski definition) is 6. The fourth-order valence-electron chi connectivity index (χ4n) is 2.93. The van der Waals surface area contributed by atoms with Crippen LogP contribution in [0.2, 0.25) is 0 Å².